The molecule has 2 nitrogen and oxygen atoms in total. The monoisotopic (exact) mass is 181 g/mol. The van der Waals surface area contributed by atoms with Gasteiger partial charge in [0.2, 0.25) is 0 Å². The Morgan fingerprint density at radius 1 is 1.46 bits per heavy atom. The van der Waals surface area contributed by atoms with Crippen LogP contribution in [0.1, 0.15) is 39.0 Å². The molecule has 2 heteroatoms. The van der Waals surface area contributed by atoms with E-state index in [1.807, 2.05) is 19.2 Å². The van der Waals surface area contributed by atoms with Crippen molar-refractivity contribution in [3.63, 3.8) is 0 Å². The summed E-state index contributed by atoms with van der Waals surface area (Å²) >= 11 is 0. The van der Waals surface area contributed by atoms with E-state index < -0.39 is 0 Å². The number of rotatable bonds is 3. The fraction of sp³-hybridized carbons (Fsp3) is 0.636. The van der Waals surface area contributed by atoms with Gasteiger partial charge < -0.3 is 9.73 Å². The molecule has 0 amide bonds. The van der Waals surface area contributed by atoms with Crippen molar-refractivity contribution in [1.29, 1.82) is 0 Å². The fourth-order valence-corrected chi connectivity index (χ4v) is 1.45. The van der Waals surface area contributed by atoms with Crippen molar-refractivity contribution in [2.24, 2.45) is 5.41 Å². The van der Waals surface area contributed by atoms with Gasteiger partial charge >= 0.3 is 0 Å². The third-order valence-corrected chi connectivity index (χ3v) is 2.05. The van der Waals surface area contributed by atoms with E-state index >= 15 is 0 Å². The summed E-state index contributed by atoms with van der Waals surface area (Å²) in [5.74, 6) is 1.03. The maximum Gasteiger partial charge on any atom is 0.120 e. The van der Waals surface area contributed by atoms with Crippen LogP contribution >= 0.6 is 0 Å². The first-order valence-electron chi connectivity index (χ1n) is 4.73. The van der Waals surface area contributed by atoms with Gasteiger partial charge in [-0.15, -0.1) is 0 Å². The van der Waals surface area contributed by atoms with Gasteiger partial charge in [-0.1, -0.05) is 20.8 Å². The second-order valence-electron chi connectivity index (χ2n) is 4.62. The van der Waals surface area contributed by atoms with E-state index in [0.717, 1.165) is 12.2 Å². The van der Waals surface area contributed by atoms with Crippen LogP contribution in [0.25, 0.3) is 0 Å². The van der Waals surface area contributed by atoms with Crippen LogP contribution in [0.3, 0.4) is 0 Å². The normalized spacial score (nSPS) is 14.5. The van der Waals surface area contributed by atoms with E-state index in [-0.39, 0.29) is 0 Å². The summed E-state index contributed by atoms with van der Waals surface area (Å²) in [6, 6.07) is 4.28. The van der Waals surface area contributed by atoms with E-state index in [1.165, 1.54) is 0 Å². The number of hydrogen-bond acceptors (Lipinski definition) is 2. The van der Waals surface area contributed by atoms with Crippen LogP contribution in [-0.2, 0) is 0 Å². The summed E-state index contributed by atoms with van der Waals surface area (Å²) in [5.41, 5.74) is 0.320. The lowest BCUT2D eigenvalue weighted by molar-refractivity contribution is 0.293. The van der Waals surface area contributed by atoms with Crippen LogP contribution in [0.15, 0.2) is 22.8 Å². The zero-order valence-corrected chi connectivity index (χ0v) is 8.92. The van der Waals surface area contributed by atoms with Crippen LogP contribution in [0.5, 0.6) is 0 Å². The number of hydrogen-bond donors (Lipinski definition) is 1. The molecule has 0 fully saturated rings. The van der Waals surface area contributed by atoms with Crippen LogP contribution < -0.4 is 5.32 Å². The van der Waals surface area contributed by atoms with E-state index in [0.29, 0.717) is 11.5 Å². The zero-order valence-electron chi connectivity index (χ0n) is 8.92. The Kier molecular flexibility index (Phi) is 3.15. The van der Waals surface area contributed by atoms with E-state index in [9.17, 15) is 0 Å². The molecule has 0 bridgehead atoms. The maximum atomic E-state index is 5.37. The first kappa shape index (κ1) is 10.3. The average molecular weight is 181 g/mol. The summed E-state index contributed by atoms with van der Waals surface area (Å²) < 4.78 is 5.37. The fourth-order valence-electron chi connectivity index (χ4n) is 1.45. The van der Waals surface area contributed by atoms with Crippen LogP contribution in [-0.4, -0.2) is 7.05 Å². The highest BCUT2D eigenvalue weighted by molar-refractivity contribution is 5.04. The van der Waals surface area contributed by atoms with Gasteiger partial charge in [0.15, 0.2) is 0 Å². The van der Waals surface area contributed by atoms with Crippen molar-refractivity contribution in [1.82, 2.24) is 5.32 Å². The third kappa shape index (κ3) is 3.23. The first-order valence-corrected chi connectivity index (χ1v) is 4.73. The van der Waals surface area contributed by atoms with E-state index in [2.05, 4.69) is 26.1 Å². The van der Waals surface area contributed by atoms with Gasteiger partial charge in [0.25, 0.3) is 0 Å². The molecule has 0 saturated carbocycles. The maximum absolute atomic E-state index is 5.37. The summed E-state index contributed by atoms with van der Waals surface area (Å²) in [5, 5.41) is 3.27. The van der Waals surface area contributed by atoms with Crippen molar-refractivity contribution >= 4 is 0 Å². The molecule has 0 spiro atoms. The van der Waals surface area contributed by atoms with Gasteiger partial charge in [0.1, 0.15) is 5.76 Å². The molecule has 1 rings (SSSR count). The van der Waals surface area contributed by atoms with Crippen molar-refractivity contribution < 1.29 is 4.42 Å². The minimum atomic E-state index is 0.320. The molecule has 1 N–H and O–H groups in total. The largest absolute Gasteiger partial charge is 0.468 e. The quantitative estimate of drug-likeness (QED) is 0.775. The molecule has 1 atom stereocenters. The highest BCUT2D eigenvalue weighted by atomic mass is 16.3. The molecule has 0 radical (unpaired) electrons. The molecular weight excluding hydrogens is 162 g/mol. The molecule has 0 aromatic carbocycles. The summed E-state index contributed by atoms with van der Waals surface area (Å²) in [6.07, 6.45) is 2.80. The molecule has 0 aliphatic carbocycles. The Labute approximate surface area is 80.3 Å². The molecule has 1 unspecified atom stereocenters. The second kappa shape index (κ2) is 3.97. The lowest BCUT2D eigenvalue weighted by Crippen LogP contribution is -2.21. The van der Waals surface area contributed by atoms with Crippen LogP contribution in [0.4, 0.5) is 0 Å². The molecule has 0 aliphatic heterocycles. The standard InChI is InChI=1S/C11H19NO/c1-11(2,3)8-9(12-4)10-6-5-7-13-10/h5-7,9,12H,8H2,1-4H3. The Morgan fingerprint density at radius 3 is 2.54 bits per heavy atom. The van der Waals surface area contributed by atoms with Gasteiger partial charge in [-0.25, -0.2) is 0 Å². The lowest BCUT2D eigenvalue weighted by atomic mass is 9.87. The zero-order chi connectivity index (χ0) is 9.90. The predicted molar refractivity (Wildman–Crippen MR) is 54.6 cm³/mol. The molecule has 13 heavy (non-hydrogen) atoms. The lowest BCUT2D eigenvalue weighted by Gasteiger charge is -2.24. The molecule has 1 heterocycles. The summed E-state index contributed by atoms with van der Waals surface area (Å²) in [7, 11) is 1.97. The topological polar surface area (TPSA) is 25.2 Å². The van der Waals surface area contributed by atoms with E-state index in [4.69, 9.17) is 4.42 Å². The molecule has 1 aromatic rings. The predicted octanol–water partition coefficient (Wildman–Crippen LogP) is 2.98. The minimum absolute atomic E-state index is 0.320. The summed E-state index contributed by atoms with van der Waals surface area (Å²) in [4.78, 5) is 0. The minimum Gasteiger partial charge on any atom is -0.468 e. The van der Waals surface area contributed by atoms with Gasteiger partial charge in [-0.2, -0.15) is 0 Å². The van der Waals surface area contributed by atoms with Gasteiger partial charge in [0, 0.05) is 0 Å². The Morgan fingerprint density at radius 2 is 2.15 bits per heavy atom. The molecule has 1 aromatic heterocycles. The first-order chi connectivity index (χ1) is 6.03. The molecule has 0 aliphatic rings. The van der Waals surface area contributed by atoms with Gasteiger partial charge in [-0.05, 0) is 31.0 Å². The van der Waals surface area contributed by atoms with E-state index in [1.54, 1.807) is 6.26 Å². The van der Waals surface area contributed by atoms with Crippen molar-refractivity contribution in [3.05, 3.63) is 24.2 Å². The Bertz CT molecular complexity index is 233. The molecular formula is C11H19NO. The van der Waals surface area contributed by atoms with Gasteiger partial charge in [0.05, 0.1) is 12.3 Å². The van der Waals surface area contributed by atoms with Crippen LogP contribution in [0.2, 0.25) is 0 Å². The van der Waals surface area contributed by atoms with Crippen molar-refractivity contribution in [2.45, 2.75) is 33.2 Å². The Balaban J connectivity index is 2.64. The summed E-state index contributed by atoms with van der Waals surface area (Å²) in [6.45, 7) is 6.71. The Hall–Kier alpha value is -0.760. The highest BCUT2D eigenvalue weighted by Gasteiger charge is 2.20. The SMILES string of the molecule is CNC(CC(C)(C)C)c1ccco1. The second-order valence-corrected chi connectivity index (χ2v) is 4.62. The molecule has 74 valence electrons. The van der Waals surface area contributed by atoms with Crippen molar-refractivity contribution in [3.8, 4) is 0 Å². The molecule has 0 saturated heterocycles. The number of furan rings is 1. The average Bonchev–Trinajstić information content (AvgIpc) is 2.50. The van der Waals surface area contributed by atoms with Crippen molar-refractivity contribution in [2.75, 3.05) is 7.05 Å². The van der Waals surface area contributed by atoms with Crippen LogP contribution in [0, 0.1) is 5.41 Å². The number of nitrogens with one attached hydrogen (secondary N) is 1. The highest BCUT2D eigenvalue weighted by Crippen LogP contribution is 2.29. The van der Waals surface area contributed by atoms with Gasteiger partial charge in [-0.3, -0.25) is 0 Å². The third-order valence-electron chi connectivity index (χ3n) is 2.05. The smallest absolute Gasteiger partial charge is 0.120 e.